The van der Waals surface area contributed by atoms with Crippen molar-refractivity contribution >= 4 is 33.3 Å². The number of thiophene rings is 1. The van der Waals surface area contributed by atoms with Gasteiger partial charge in [0.1, 0.15) is 10.6 Å². The predicted octanol–water partition coefficient (Wildman–Crippen LogP) is 3.05. The zero-order valence-electron chi connectivity index (χ0n) is 12.0. The summed E-state index contributed by atoms with van der Waals surface area (Å²) in [5.74, 6) is 7.07. The first kappa shape index (κ1) is 13.6. The lowest BCUT2D eigenvalue weighted by atomic mass is 10.00. The molecule has 1 atom stereocenters. The third-order valence-corrected chi connectivity index (χ3v) is 4.94. The highest BCUT2D eigenvalue weighted by Gasteiger charge is 2.25. The summed E-state index contributed by atoms with van der Waals surface area (Å²) >= 11 is 1.70. The number of piperidine rings is 1. The number of nitrogen functional groups attached to an aromatic ring is 1. The molecular formula is C14H21N5S. The molecule has 1 aliphatic rings. The lowest BCUT2D eigenvalue weighted by Gasteiger charge is -2.36. The molecule has 0 spiro atoms. The lowest BCUT2D eigenvalue weighted by molar-refractivity contribution is 0.448. The summed E-state index contributed by atoms with van der Waals surface area (Å²) in [4.78, 5) is 13.8. The van der Waals surface area contributed by atoms with E-state index in [0.717, 1.165) is 29.0 Å². The molecule has 1 fully saturated rings. The van der Waals surface area contributed by atoms with Crippen LogP contribution in [0.5, 0.6) is 0 Å². The second kappa shape index (κ2) is 5.54. The number of hydrogen-bond acceptors (Lipinski definition) is 6. The molecule has 6 heteroatoms. The Labute approximate surface area is 123 Å². The number of nitrogens with one attached hydrogen (secondary N) is 1. The number of nitrogens with two attached hydrogens (primary N) is 1. The van der Waals surface area contributed by atoms with Crippen LogP contribution in [0.3, 0.4) is 0 Å². The smallest absolute Gasteiger partial charge is 0.240 e. The fourth-order valence-electron chi connectivity index (χ4n) is 3.01. The van der Waals surface area contributed by atoms with E-state index < -0.39 is 0 Å². The maximum atomic E-state index is 5.52. The zero-order valence-corrected chi connectivity index (χ0v) is 12.8. The van der Waals surface area contributed by atoms with Gasteiger partial charge in [-0.2, -0.15) is 4.98 Å². The summed E-state index contributed by atoms with van der Waals surface area (Å²) in [6.45, 7) is 5.44. The van der Waals surface area contributed by atoms with Crippen LogP contribution < -0.4 is 16.2 Å². The minimum absolute atomic E-state index is 0.509. The van der Waals surface area contributed by atoms with Crippen LogP contribution in [0.2, 0.25) is 0 Å². The van der Waals surface area contributed by atoms with Gasteiger partial charge in [0.05, 0.1) is 5.39 Å². The number of fused-ring (bicyclic) bond motifs is 1. The highest BCUT2D eigenvalue weighted by atomic mass is 32.1. The fourth-order valence-corrected chi connectivity index (χ4v) is 3.89. The van der Waals surface area contributed by atoms with Gasteiger partial charge in [0.2, 0.25) is 5.95 Å². The maximum Gasteiger partial charge on any atom is 0.240 e. The Hall–Kier alpha value is -1.40. The molecule has 1 aliphatic heterocycles. The third kappa shape index (κ3) is 2.33. The van der Waals surface area contributed by atoms with E-state index in [9.17, 15) is 0 Å². The molecule has 3 rings (SSSR count). The Kier molecular flexibility index (Phi) is 3.76. The molecule has 2 aromatic heterocycles. The molecule has 0 radical (unpaired) electrons. The summed E-state index contributed by atoms with van der Waals surface area (Å²) in [5, 5.41) is 1.16. The monoisotopic (exact) mass is 291 g/mol. The fraction of sp³-hybridized carbons (Fsp3) is 0.571. The van der Waals surface area contributed by atoms with Gasteiger partial charge in [-0.1, -0.05) is 6.92 Å². The largest absolute Gasteiger partial charge is 0.353 e. The third-order valence-electron chi connectivity index (χ3n) is 4.00. The molecule has 0 aromatic carbocycles. The van der Waals surface area contributed by atoms with Crippen LogP contribution in [0.15, 0.2) is 6.07 Å². The van der Waals surface area contributed by atoms with Crippen molar-refractivity contribution in [2.75, 3.05) is 16.9 Å². The van der Waals surface area contributed by atoms with Gasteiger partial charge >= 0.3 is 0 Å². The van der Waals surface area contributed by atoms with Crippen molar-refractivity contribution in [1.82, 2.24) is 9.97 Å². The number of rotatable bonds is 3. The van der Waals surface area contributed by atoms with Crippen molar-refractivity contribution in [3.63, 3.8) is 0 Å². The average molecular weight is 291 g/mol. The van der Waals surface area contributed by atoms with Crippen LogP contribution in [-0.4, -0.2) is 22.6 Å². The van der Waals surface area contributed by atoms with Crippen LogP contribution in [0, 0.1) is 6.92 Å². The molecule has 2 aromatic rings. The summed E-state index contributed by atoms with van der Waals surface area (Å²) in [7, 11) is 0. The summed E-state index contributed by atoms with van der Waals surface area (Å²) in [6.07, 6.45) is 4.95. The molecule has 108 valence electrons. The Balaban J connectivity index is 2.12. The van der Waals surface area contributed by atoms with E-state index in [1.54, 1.807) is 11.3 Å². The van der Waals surface area contributed by atoms with Crippen molar-refractivity contribution in [3.05, 3.63) is 10.9 Å². The molecule has 0 bridgehead atoms. The van der Waals surface area contributed by atoms with E-state index >= 15 is 0 Å². The van der Waals surface area contributed by atoms with Gasteiger partial charge in [0.15, 0.2) is 0 Å². The SMILES string of the molecule is CCC1CCCCN1c1nc(NN)nc2sc(C)cc12. The first-order chi connectivity index (χ1) is 9.72. The first-order valence-corrected chi connectivity index (χ1v) is 8.06. The predicted molar refractivity (Wildman–Crippen MR) is 85.2 cm³/mol. The highest BCUT2D eigenvalue weighted by molar-refractivity contribution is 7.18. The zero-order chi connectivity index (χ0) is 14.1. The molecule has 20 heavy (non-hydrogen) atoms. The van der Waals surface area contributed by atoms with E-state index in [1.807, 2.05) is 0 Å². The van der Waals surface area contributed by atoms with Gasteiger partial charge in [-0.05, 0) is 38.7 Å². The highest BCUT2D eigenvalue weighted by Crippen LogP contribution is 2.35. The number of aryl methyl sites for hydroxylation is 1. The lowest BCUT2D eigenvalue weighted by Crippen LogP contribution is -2.39. The number of nitrogens with zero attached hydrogens (tertiary/aromatic N) is 3. The Bertz CT molecular complexity index is 609. The van der Waals surface area contributed by atoms with Crippen LogP contribution in [0.25, 0.3) is 10.2 Å². The molecule has 1 saturated heterocycles. The number of aromatic nitrogens is 2. The summed E-state index contributed by atoms with van der Waals surface area (Å²) in [6, 6.07) is 2.77. The van der Waals surface area contributed by atoms with Gasteiger partial charge in [-0.3, -0.25) is 5.43 Å². The molecule has 1 unspecified atom stereocenters. The second-order valence-electron chi connectivity index (χ2n) is 5.34. The van der Waals surface area contributed by atoms with Gasteiger partial charge in [-0.25, -0.2) is 10.8 Å². The molecule has 0 saturated carbocycles. The number of anilines is 2. The molecule has 5 nitrogen and oxygen atoms in total. The van der Waals surface area contributed by atoms with Crippen LogP contribution >= 0.6 is 11.3 Å². The summed E-state index contributed by atoms with van der Waals surface area (Å²) < 4.78 is 0. The van der Waals surface area contributed by atoms with Crippen LogP contribution in [0.1, 0.15) is 37.5 Å². The minimum Gasteiger partial charge on any atom is -0.353 e. The van der Waals surface area contributed by atoms with Crippen LogP contribution in [0.4, 0.5) is 11.8 Å². The minimum atomic E-state index is 0.509. The van der Waals surface area contributed by atoms with E-state index in [-0.39, 0.29) is 0 Å². The number of hydrogen-bond donors (Lipinski definition) is 2. The molecular weight excluding hydrogens is 270 g/mol. The van der Waals surface area contributed by atoms with Gasteiger partial charge in [0.25, 0.3) is 0 Å². The maximum absolute atomic E-state index is 5.52. The van der Waals surface area contributed by atoms with Gasteiger partial charge in [-0.15, -0.1) is 11.3 Å². The Morgan fingerprint density at radius 3 is 3.05 bits per heavy atom. The molecule has 3 N–H and O–H groups in total. The van der Waals surface area contributed by atoms with Gasteiger partial charge in [0, 0.05) is 17.5 Å². The average Bonchev–Trinajstić information content (AvgIpc) is 2.86. The van der Waals surface area contributed by atoms with E-state index in [0.29, 0.717) is 12.0 Å². The topological polar surface area (TPSA) is 67.1 Å². The van der Waals surface area contributed by atoms with E-state index in [4.69, 9.17) is 5.84 Å². The van der Waals surface area contributed by atoms with Crippen molar-refractivity contribution in [3.8, 4) is 0 Å². The molecule has 3 heterocycles. The molecule has 0 amide bonds. The standard InChI is InChI=1S/C14H21N5S/c1-3-10-6-4-5-7-19(10)12-11-8-9(2)20-13(11)17-14(16-12)18-15/h8,10H,3-7,15H2,1-2H3,(H,16,17,18). The molecule has 0 aliphatic carbocycles. The summed E-state index contributed by atoms with van der Waals surface area (Å²) in [5.41, 5.74) is 2.60. The van der Waals surface area contributed by atoms with Crippen molar-refractivity contribution < 1.29 is 0 Å². The van der Waals surface area contributed by atoms with Crippen LogP contribution in [-0.2, 0) is 0 Å². The normalized spacial score (nSPS) is 19.6. The Morgan fingerprint density at radius 1 is 1.45 bits per heavy atom. The number of hydrazine groups is 1. The van der Waals surface area contributed by atoms with Crippen molar-refractivity contribution in [1.29, 1.82) is 0 Å². The van der Waals surface area contributed by atoms with Crippen molar-refractivity contribution in [2.24, 2.45) is 5.84 Å². The van der Waals surface area contributed by atoms with E-state index in [1.165, 1.54) is 24.1 Å². The Morgan fingerprint density at radius 2 is 2.30 bits per heavy atom. The van der Waals surface area contributed by atoms with Gasteiger partial charge < -0.3 is 4.90 Å². The van der Waals surface area contributed by atoms with Crippen molar-refractivity contribution in [2.45, 2.75) is 45.6 Å². The quantitative estimate of drug-likeness (QED) is 0.672. The van der Waals surface area contributed by atoms with E-state index in [2.05, 4.69) is 40.2 Å². The first-order valence-electron chi connectivity index (χ1n) is 7.24. The second-order valence-corrected chi connectivity index (χ2v) is 6.58.